The van der Waals surface area contributed by atoms with Gasteiger partial charge in [-0.25, -0.2) is 4.98 Å². The van der Waals surface area contributed by atoms with Crippen LogP contribution in [0.25, 0.3) is 11.0 Å². The summed E-state index contributed by atoms with van der Waals surface area (Å²) in [5, 5.41) is 16.9. The summed E-state index contributed by atoms with van der Waals surface area (Å²) < 4.78 is 6.53. The van der Waals surface area contributed by atoms with Crippen LogP contribution in [0.1, 0.15) is 57.4 Å². The number of cyclic esters (lactones) is 1. The van der Waals surface area contributed by atoms with Crippen molar-refractivity contribution in [1.82, 2.24) is 25.1 Å². The lowest BCUT2D eigenvalue weighted by Gasteiger charge is -2.46. The molecule has 312 valence electrons. The number of hydrogen-bond acceptors (Lipinski definition) is 8. The first kappa shape index (κ1) is 39.6. The fourth-order valence-corrected chi connectivity index (χ4v) is 9.93. The van der Waals surface area contributed by atoms with Crippen molar-refractivity contribution in [1.29, 1.82) is 0 Å². The number of hydrogen-bond donors (Lipinski definition) is 4. The molecule has 2 saturated heterocycles. The number of carbonyl (C=O) groups is 3. The highest BCUT2D eigenvalue weighted by Crippen LogP contribution is 2.64. The third kappa shape index (κ3) is 7.09. The van der Waals surface area contributed by atoms with E-state index in [9.17, 15) is 5.11 Å². The smallest absolute Gasteiger partial charge is 0.324 e. The number of esters is 1. The first-order chi connectivity index (χ1) is 30.8. The van der Waals surface area contributed by atoms with Crippen LogP contribution in [0.15, 0.2) is 158 Å². The van der Waals surface area contributed by atoms with E-state index in [1.807, 2.05) is 133 Å². The topological polar surface area (TPSA) is 140 Å². The molecule has 3 aliphatic rings. The summed E-state index contributed by atoms with van der Waals surface area (Å²) in [6.07, 6.45) is -0.805. The number of nitrogens with zero attached hydrogens (tertiary/aromatic N) is 3. The largest absolute Gasteiger partial charge is 0.508 e. The second-order valence-electron chi connectivity index (χ2n) is 16.4. The number of phenolic OH excluding ortho intramolecular Hbond substituents is 1. The van der Waals surface area contributed by atoms with Gasteiger partial charge < -0.3 is 25.5 Å². The number of amides is 2. The zero-order valence-electron chi connectivity index (χ0n) is 34.4. The summed E-state index contributed by atoms with van der Waals surface area (Å²) >= 11 is 0. The molecule has 11 heteroatoms. The minimum absolute atomic E-state index is 0.0109. The van der Waals surface area contributed by atoms with Crippen molar-refractivity contribution in [3.05, 3.63) is 197 Å². The predicted molar refractivity (Wildman–Crippen MR) is 239 cm³/mol. The molecule has 0 bridgehead atoms. The van der Waals surface area contributed by atoms with Crippen LogP contribution in [0.4, 0.5) is 5.69 Å². The zero-order valence-corrected chi connectivity index (χ0v) is 34.4. The van der Waals surface area contributed by atoms with E-state index in [0.717, 1.165) is 28.7 Å². The summed E-state index contributed by atoms with van der Waals surface area (Å²) in [6.45, 7) is 1.22. The van der Waals surface area contributed by atoms with Crippen LogP contribution >= 0.6 is 0 Å². The highest BCUT2D eigenvalue weighted by Gasteiger charge is 2.74. The van der Waals surface area contributed by atoms with Crippen LogP contribution < -0.4 is 10.6 Å². The molecule has 1 aromatic heterocycles. The van der Waals surface area contributed by atoms with Gasteiger partial charge in [-0.15, -0.1) is 0 Å². The van der Waals surface area contributed by atoms with Crippen LogP contribution in [0, 0.1) is 17.8 Å². The van der Waals surface area contributed by atoms with E-state index in [2.05, 4.69) is 44.5 Å². The number of H-pyrrole nitrogens is 1. The molecule has 7 aromatic rings. The molecule has 0 radical (unpaired) electrons. The van der Waals surface area contributed by atoms with Gasteiger partial charge in [-0.3, -0.25) is 24.2 Å². The van der Waals surface area contributed by atoms with Crippen LogP contribution in [-0.4, -0.2) is 62.3 Å². The Morgan fingerprint density at radius 3 is 2.24 bits per heavy atom. The number of carbonyl (C=O) groups excluding carboxylic acids is 3. The van der Waals surface area contributed by atoms with Crippen LogP contribution in [-0.2, 0) is 37.6 Å². The molecule has 4 N–H and O–H groups in total. The maximum atomic E-state index is 15.5. The number of nitrogens with one attached hydrogen (secondary N) is 3. The summed E-state index contributed by atoms with van der Waals surface area (Å²) in [4.78, 5) is 58.1. The van der Waals surface area contributed by atoms with Gasteiger partial charge in [0, 0.05) is 17.8 Å². The quantitative estimate of drug-likeness (QED) is 0.0876. The van der Waals surface area contributed by atoms with Crippen molar-refractivity contribution in [2.75, 3.05) is 18.9 Å². The fraction of sp³-hybridized carbons (Fsp3) is 0.192. The minimum atomic E-state index is -1.70. The van der Waals surface area contributed by atoms with Crippen LogP contribution in [0.3, 0.4) is 0 Å². The fourth-order valence-electron chi connectivity index (χ4n) is 9.93. The van der Waals surface area contributed by atoms with Gasteiger partial charge in [-0.05, 0) is 77.3 Å². The van der Waals surface area contributed by atoms with Gasteiger partial charge in [0.15, 0.2) is 0 Å². The third-order valence-corrected chi connectivity index (χ3v) is 12.5. The Morgan fingerprint density at radius 1 is 0.825 bits per heavy atom. The third-order valence-electron chi connectivity index (χ3n) is 12.5. The van der Waals surface area contributed by atoms with E-state index in [1.54, 1.807) is 24.3 Å². The second-order valence-corrected chi connectivity index (χ2v) is 16.4. The van der Waals surface area contributed by atoms with Gasteiger partial charge in [0.05, 0.1) is 42.1 Å². The van der Waals surface area contributed by atoms with E-state index in [0.29, 0.717) is 34.7 Å². The average Bonchev–Trinajstić information content (AvgIpc) is 3.96. The number of benzene rings is 6. The Labute approximate surface area is 364 Å². The zero-order chi connectivity index (χ0) is 43.1. The number of fused-ring (bicyclic) bond motifs is 4. The van der Waals surface area contributed by atoms with Crippen molar-refractivity contribution in [3.8, 4) is 17.6 Å². The lowest BCUT2D eigenvalue weighted by Crippen LogP contribution is -2.54. The van der Waals surface area contributed by atoms with Gasteiger partial charge in [0.1, 0.15) is 29.1 Å². The van der Waals surface area contributed by atoms with Crippen molar-refractivity contribution in [2.24, 2.45) is 5.92 Å². The minimum Gasteiger partial charge on any atom is -0.508 e. The molecule has 4 heterocycles. The van der Waals surface area contributed by atoms with Gasteiger partial charge in [-0.1, -0.05) is 127 Å². The van der Waals surface area contributed by atoms with Gasteiger partial charge in [0.2, 0.25) is 11.8 Å². The van der Waals surface area contributed by atoms with Gasteiger partial charge in [-0.2, -0.15) is 0 Å². The van der Waals surface area contributed by atoms with Crippen molar-refractivity contribution >= 4 is 34.5 Å². The van der Waals surface area contributed by atoms with E-state index >= 15 is 14.4 Å². The molecule has 2 fully saturated rings. The Morgan fingerprint density at radius 2 is 1.51 bits per heavy atom. The van der Waals surface area contributed by atoms with E-state index in [-0.39, 0.29) is 12.3 Å². The van der Waals surface area contributed by atoms with E-state index in [4.69, 9.17) is 9.72 Å². The second kappa shape index (κ2) is 16.4. The number of ether oxygens (including phenoxy) is 1. The molecule has 6 unspecified atom stereocenters. The molecule has 3 aliphatic heterocycles. The van der Waals surface area contributed by atoms with E-state index in [1.165, 1.54) is 5.56 Å². The van der Waals surface area contributed by atoms with Crippen LogP contribution in [0.2, 0.25) is 0 Å². The number of anilines is 1. The number of rotatable bonds is 9. The number of phenols is 1. The predicted octanol–water partition coefficient (Wildman–Crippen LogP) is 7.34. The van der Waals surface area contributed by atoms with Crippen molar-refractivity contribution in [2.45, 2.75) is 42.7 Å². The lowest BCUT2D eigenvalue weighted by atomic mass is 9.65. The van der Waals surface area contributed by atoms with E-state index < -0.39 is 53.3 Å². The number of para-hydroxylation sites is 2. The molecule has 1 spiro atoms. The molecule has 0 aliphatic carbocycles. The molecule has 6 aromatic carbocycles. The normalized spacial score (nSPS) is 22.5. The molecule has 2 amide bonds. The summed E-state index contributed by atoms with van der Waals surface area (Å²) in [7, 11) is 2.01. The molecule has 6 atom stereocenters. The summed E-state index contributed by atoms with van der Waals surface area (Å²) in [6, 6.07) is 46.5. The molecular weight excluding hydrogens is 789 g/mol. The van der Waals surface area contributed by atoms with Crippen molar-refractivity contribution < 1.29 is 24.2 Å². The molecule has 11 nitrogen and oxygen atoms in total. The first-order valence-corrected chi connectivity index (χ1v) is 21.0. The highest BCUT2D eigenvalue weighted by molar-refractivity contribution is 6.12. The number of aromatic amines is 1. The molecular formula is C52H44N6O5. The van der Waals surface area contributed by atoms with Crippen molar-refractivity contribution in [3.63, 3.8) is 0 Å². The number of aromatic hydroxyl groups is 1. The Kier molecular flexibility index (Phi) is 10.3. The molecule has 10 rings (SSSR count). The number of aromatic nitrogens is 2. The monoisotopic (exact) mass is 832 g/mol. The summed E-state index contributed by atoms with van der Waals surface area (Å²) in [5.74, 6) is 4.32. The van der Waals surface area contributed by atoms with Gasteiger partial charge >= 0.3 is 5.97 Å². The Hall–Kier alpha value is -7.52. The lowest BCUT2D eigenvalue weighted by molar-refractivity contribution is -0.178. The Bertz CT molecular complexity index is 2860. The van der Waals surface area contributed by atoms with Gasteiger partial charge in [0.25, 0.3) is 0 Å². The number of imidazole rings is 1. The maximum Gasteiger partial charge on any atom is 0.324 e. The first-order valence-electron chi connectivity index (χ1n) is 21.0. The standard InChI is InChI=1S/C52H44N6O5/c1-57(32-34-14-5-2-6-15-34)29-13-16-33-23-28-40-39(30-33)52(51(62)56-40)44(49(60)53-31-43-54-41-21-11-12-22-42(41)55-43)46-50(61)63-47(36-19-9-4-10-20-36)45(35-17-7-3-8-18-35)58(46)48(52)37-24-26-38(59)27-25-37/h2-12,14-15,17-28,30,44-48,59H,29,31-32H2,1H3,(H,53,60)(H,54,55)(H,56,62). The highest BCUT2D eigenvalue weighted by atomic mass is 16.6. The number of morpholine rings is 1. The average molecular weight is 833 g/mol. The molecule has 63 heavy (non-hydrogen) atoms. The van der Waals surface area contributed by atoms with Crippen LogP contribution in [0.5, 0.6) is 5.75 Å². The SMILES string of the molecule is CN(CC#Cc1ccc2c(c1)C1(C(=O)N2)C(C(=O)NCc2nc3ccccc3[nH]2)C2C(=O)OC(c3ccccc3)C(c3ccccc3)N2C1c1ccc(O)cc1)Cc1ccccc1. The maximum absolute atomic E-state index is 15.5. The summed E-state index contributed by atoms with van der Waals surface area (Å²) in [5.41, 5.74) is 4.99. The Balaban J connectivity index is 1.14. The molecule has 0 saturated carbocycles.